The smallest absolute Gasteiger partial charge is 0.224 e. The summed E-state index contributed by atoms with van der Waals surface area (Å²) in [5, 5.41) is 3.46. The van der Waals surface area contributed by atoms with E-state index >= 15 is 0 Å². The molecule has 0 bridgehead atoms. The highest BCUT2D eigenvalue weighted by atomic mass is 15.2. The Morgan fingerprint density at radius 1 is 1.14 bits per heavy atom. The van der Waals surface area contributed by atoms with Crippen molar-refractivity contribution in [3.63, 3.8) is 0 Å². The van der Waals surface area contributed by atoms with Crippen LogP contribution in [0.15, 0.2) is 42.6 Å². The highest BCUT2D eigenvalue weighted by Crippen LogP contribution is 2.25. The van der Waals surface area contributed by atoms with E-state index in [0.29, 0.717) is 6.04 Å². The molecule has 4 nitrogen and oxygen atoms in total. The van der Waals surface area contributed by atoms with Crippen LogP contribution in [-0.4, -0.2) is 22.6 Å². The van der Waals surface area contributed by atoms with Crippen LogP contribution >= 0.6 is 0 Å². The first-order chi connectivity index (χ1) is 10.4. The van der Waals surface area contributed by atoms with E-state index in [1.165, 1.54) is 25.7 Å². The van der Waals surface area contributed by atoms with E-state index in [9.17, 15) is 0 Å². The van der Waals surface area contributed by atoms with Gasteiger partial charge < -0.3 is 10.2 Å². The van der Waals surface area contributed by atoms with Gasteiger partial charge in [-0.2, -0.15) is 4.98 Å². The van der Waals surface area contributed by atoms with Crippen molar-refractivity contribution in [3.8, 4) is 0 Å². The zero-order valence-corrected chi connectivity index (χ0v) is 12.5. The predicted octanol–water partition coefficient (Wildman–Crippen LogP) is 3.99. The number of para-hydroxylation sites is 1. The molecule has 1 aromatic heterocycles. The van der Waals surface area contributed by atoms with Crippen molar-refractivity contribution in [1.82, 2.24) is 9.97 Å². The van der Waals surface area contributed by atoms with Crippen LogP contribution < -0.4 is 10.2 Å². The molecule has 1 aliphatic carbocycles. The van der Waals surface area contributed by atoms with E-state index < -0.39 is 0 Å². The Bertz CT molecular complexity index is 564. The summed E-state index contributed by atoms with van der Waals surface area (Å²) in [6.07, 6.45) is 6.91. The molecular weight excluding hydrogens is 260 g/mol. The maximum atomic E-state index is 4.69. The van der Waals surface area contributed by atoms with Crippen LogP contribution in [-0.2, 0) is 0 Å². The standard InChI is InChI=1S/C17H22N4/c1-2-21(15-10-4-3-5-11-15)16-12-13-18-17(20-16)19-14-8-6-7-9-14/h3-5,10-14H,2,6-9H2,1H3,(H,18,19,20). The second-order valence-electron chi connectivity index (χ2n) is 5.44. The first-order valence-electron chi connectivity index (χ1n) is 7.79. The minimum absolute atomic E-state index is 0.534. The number of anilines is 3. The lowest BCUT2D eigenvalue weighted by atomic mass is 10.2. The fraction of sp³-hybridized carbons (Fsp3) is 0.412. The molecule has 4 heteroatoms. The van der Waals surface area contributed by atoms with E-state index in [4.69, 9.17) is 0 Å². The van der Waals surface area contributed by atoms with E-state index in [2.05, 4.69) is 51.4 Å². The number of hydrogen-bond donors (Lipinski definition) is 1. The Labute approximate surface area is 126 Å². The second-order valence-corrected chi connectivity index (χ2v) is 5.44. The lowest BCUT2D eigenvalue weighted by Gasteiger charge is -2.22. The van der Waals surface area contributed by atoms with Crippen molar-refractivity contribution in [2.45, 2.75) is 38.6 Å². The predicted molar refractivity (Wildman–Crippen MR) is 87.0 cm³/mol. The zero-order valence-electron chi connectivity index (χ0n) is 12.5. The van der Waals surface area contributed by atoms with Crippen molar-refractivity contribution in [2.24, 2.45) is 0 Å². The molecule has 0 saturated heterocycles. The highest BCUT2D eigenvalue weighted by Gasteiger charge is 2.16. The first-order valence-corrected chi connectivity index (χ1v) is 7.79. The molecule has 0 unspecified atom stereocenters. The summed E-state index contributed by atoms with van der Waals surface area (Å²) in [6, 6.07) is 12.9. The van der Waals surface area contributed by atoms with Gasteiger partial charge in [0, 0.05) is 24.5 Å². The minimum Gasteiger partial charge on any atom is -0.351 e. The molecule has 21 heavy (non-hydrogen) atoms. The van der Waals surface area contributed by atoms with Gasteiger partial charge in [0.05, 0.1) is 0 Å². The van der Waals surface area contributed by atoms with Crippen LogP contribution in [0.25, 0.3) is 0 Å². The molecule has 1 N–H and O–H groups in total. The quantitative estimate of drug-likeness (QED) is 0.900. The van der Waals surface area contributed by atoms with Crippen LogP contribution in [0.3, 0.4) is 0 Å². The molecule has 0 radical (unpaired) electrons. The minimum atomic E-state index is 0.534. The van der Waals surface area contributed by atoms with E-state index in [-0.39, 0.29) is 0 Å². The Morgan fingerprint density at radius 2 is 1.90 bits per heavy atom. The molecule has 110 valence electrons. The van der Waals surface area contributed by atoms with Gasteiger partial charge in [-0.25, -0.2) is 4.98 Å². The Morgan fingerprint density at radius 3 is 2.62 bits per heavy atom. The van der Waals surface area contributed by atoms with Crippen LogP contribution in [0, 0.1) is 0 Å². The summed E-state index contributed by atoms with van der Waals surface area (Å²) in [6.45, 7) is 3.02. The fourth-order valence-corrected chi connectivity index (χ4v) is 2.91. The molecule has 1 saturated carbocycles. The molecule has 0 spiro atoms. The lowest BCUT2D eigenvalue weighted by molar-refractivity contribution is 0.743. The number of benzene rings is 1. The van der Waals surface area contributed by atoms with Gasteiger partial charge in [-0.1, -0.05) is 31.0 Å². The molecule has 3 rings (SSSR count). The number of rotatable bonds is 5. The summed E-state index contributed by atoms with van der Waals surface area (Å²) >= 11 is 0. The largest absolute Gasteiger partial charge is 0.351 e. The number of nitrogens with zero attached hydrogens (tertiary/aromatic N) is 3. The van der Waals surface area contributed by atoms with E-state index in [0.717, 1.165) is 24.0 Å². The molecule has 0 aliphatic heterocycles. The van der Waals surface area contributed by atoms with E-state index in [1.54, 1.807) is 0 Å². The molecule has 1 fully saturated rings. The monoisotopic (exact) mass is 282 g/mol. The second kappa shape index (κ2) is 6.57. The van der Waals surface area contributed by atoms with Gasteiger partial charge in [0.1, 0.15) is 5.82 Å². The molecule has 1 aliphatic rings. The number of hydrogen-bond acceptors (Lipinski definition) is 4. The summed E-state index contributed by atoms with van der Waals surface area (Å²) in [5.74, 6) is 1.69. The molecular formula is C17H22N4. The van der Waals surface area contributed by atoms with Gasteiger partial charge in [-0.15, -0.1) is 0 Å². The fourth-order valence-electron chi connectivity index (χ4n) is 2.91. The first kappa shape index (κ1) is 13.9. The average Bonchev–Trinajstić information content (AvgIpc) is 3.02. The Kier molecular flexibility index (Phi) is 4.34. The van der Waals surface area contributed by atoms with Gasteiger partial charge >= 0.3 is 0 Å². The van der Waals surface area contributed by atoms with Gasteiger partial charge in [0.15, 0.2) is 0 Å². The van der Waals surface area contributed by atoms with Crippen molar-refractivity contribution < 1.29 is 0 Å². The molecule has 0 atom stereocenters. The molecule has 2 aromatic rings. The number of aromatic nitrogens is 2. The third-order valence-electron chi connectivity index (χ3n) is 3.99. The number of nitrogens with one attached hydrogen (secondary N) is 1. The maximum Gasteiger partial charge on any atom is 0.224 e. The topological polar surface area (TPSA) is 41.1 Å². The highest BCUT2D eigenvalue weighted by molar-refractivity contribution is 5.60. The van der Waals surface area contributed by atoms with Crippen LogP contribution in [0.5, 0.6) is 0 Å². The molecule has 1 aromatic carbocycles. The van der Waals surface area contributed by atoms with E-state index in [1.807, 2.05) is 18.3 Å². The summed E-state index contributed by atoms with van der Waals surface area (Å²) < 4.78 is 0. The lowest BCUT2D eigenvalue weighted by Crippen LogP contribution is -2.20. The average molecular weight is 282 g/mol. The summed E-state index contributed by atoms with van der Waals surface area (Å²) in [4.78, 5) is 11.2. The van der Waals surface area contributed by atoms with Crippen molar-refractivity contribution in [1.29, 1.82) is 0 Å². The molecule has 1 heterocycles. The zero-order chi connectivity index (χ0) is 14.5. The normalized spacial score (nSPS) is 15.1. The third kappa shape index (κ3) is 3.32. The van der Waals surface area contributed by atoms with Crippen LogP contribution in [0.2, 0.25) is 0 Å². The van der Waals surface area contributed by atoms with Crippen molar-refractivity contribution >= 4 is 17.5 Å². The van der Waals surface area contributed by atoms with Crippen molar-refractivity contribution in [2.75, 3.05) is 16.8 Å². The SMILES string of the molecule is CCN(c1ccccc1)c1ccnc(NC2CCCC2)n1. The van der Waals surface area contributed by atoms with Gasteiger partial charge in [0.2, 0.25) is 5.95 Å². The van der Waals surface area contributed by atoms with Crippen LogP contribution in [0.4, 0.5) is 17.5 Å². The van der Waals surface area contributed by atoms with Gasteiger partial charge in [-0.05, 0) is 38.0 Å². The molecule has 0 amide bonds. The maximum absolute atomic E-state index is 4.69. The summed E-state index contributed by atoms with van der Waals surface area (Å²) in [7, 11) is 0. The Hall–Kier alpha value is -2.10. The third-order valence-corrected chi connectivity index (χ3v) is 3.99. The summed E-state index contributed by atoms with van der Waals surface area (Å²) in [5.41, 5.74) is 1.16. The van der Waals surface area contributed by atoms with Crippen molar-refractivity contribution in [3.05, 3.63) is 42.6 Å². The van der Waals surface area contributed by atoms with Gasteiger partial charge in [0.25, 0.3) is 0 Å². The van der Waals surface area contributed by atoms with Gasteiger partial charge in [-0.3, -0.25) is 0 Å². The Balaban J connectivity index is 1.80. The van der Waals surface area contributed by atoms with Crippen LogP contribution in [0.1, 0.15) is 32.6 Å².